The highest BCUT2D eigenvalue weighted by molar-refractivity contribution is 6.32. The molecule has 5 nitrogen and oxygen atoms in total. The van der Waals surface area contributed by atoms with Crippen molar-refractivity contribution in [3.05, 3.63) is 29.0 Å². The minimum Gasteiger partial charge on any atom is -0.354 e. The smallest absolute Gasteiger partial charge is 0.255 e. The number of carbonyl (C=O) groups is 2. The van der Waals surface area contributed by atoms with Crippen LogP contribution in [-0.4, -0.2) is 29.4 Å². The summed E-state index contributed by atoms with van der Waals surface area (Å²) in [7, 11) is 0. The topological polar surface area (TPSA) is 71.1 Å². The normalized spacial score (nSPS) is 12.1. The number of nitrogens with zero attached hydrogens (tertiary/aromatic N) is 1. The second-order valence-electron chi connectivity index (χ2n) is 4.68. The maximum atomic E-state index is 11.9. The predicted octanol–water partition coefficient (Wildman–Crippen LogP) is 1.63. The molecule has 0 saturated heterocycles. The second kappa shape index (κ2) is 7.09. The number of halogens is 1. The monoisotopic (exact) mass is 283 g/mol. The molecule has 104 valence electrons. The summed E-state index contributed by atoms with van der Waals surface area (Å²) >= 11 is 5.81. The van der Waals surface area contributed by atoms with Crippen molar-refractivity contribution in [3.63, 3.8) is 0 Å². The lowest BCUT2D eigenvalue weighted by atomic mass is 10.2. The van der Waals surface area contributed by atoms with Crippen molar-refractivity contribution in [2.75, 3.05) is 6.54 Å². The molecule has 0 spiro atoms. The molecule has 0 fully saturated rings. The van der Waals surface area contributed by atoms with Crippen molar-refractivity contribution in [3.8, 4) is 0 Å². The third-order valence-electron chi connectivity index (χ3n) is 2.43. The molecule has 0 aromatic carbocycles. The van der Waals surface area contributed by atoms with E-state index in [0.29, 0.717) is 12.5 Å². The van der Waals surface area contributed by atoms with Gasteiger partial charge in [-0.05, 0) is 25.0 Å². The van der Waals surface area contributed by atoms with Gasteiger partial charge in [0, 0.05) is 12.7 Å². The van der Waals surface area contributed by atoms with Gasteiger partial charge < -0.3 is 10.6 Å². The lowest BCUT2D eigenvalue weighted by molar-refractivity contribution is -0.122. The van der Waals surface area contributed by atoms with Gasteiger partial charge in [-0.25, -0.2) is 4.98 Å². The van der Waals surface area contributed by atoms with E-state index in [1.54, 1.807) is 19.1 Å². The molecule has 0 aliphatic heterocycles. The number of aromatic nitrogens is 1. The van der Waals surface area contributed by atoms with Gasteiger partial charge in [-0.15, -0.1) is 0 Å². The van der Waals surface area contributed by atoms with E-state index >= 15 is 0 Å². The highest BCUT2D eigenvalue weighted by Crippen LogP contribution is 2.11. The Labute approximate surface area is 117 Å². The number of hydrogen-bond donors (Lipinski definition) is 2. The van der Waals surface area contributed by atoms with Crippen LogP contribution in [0.4, 0.5) is 0 Å². The van der Waals surface area contributed by atoms with Crippen molar-refractivity contribution in [1.29, 1.82) is 0 Å². The first-order valence-electron chi connectivity index (χ1n) is 6.11. The molecule has 0 aliphatic carbocycles. The Balaban J connectivity index is 2.57. The van der Waals surface area contributed by atoms with Gasteiger partial charge in [0.05, 0.1) is 5.56 Å². The van der Waals surface area contributed by atoms with Crippen LogP contribution in [0.2, 0.25) is 5.15 Å². The van der Waals surface area contributed by atoms with Crippen LogP contribution < -0.4 is 10.6 Å². The minimum atomic E-state index is -0.623. The van der Waals surface area contributed by atoms with Crippen LogP contribution in [0, 0.1) is 5.92 Å². The van der Waals surface area contributed by atoms with Crippen LogP contribution in [0.25, 0.3) is 0 Å². The van der Waals surface area contributed by atoms with Gasteiger partial charge >= 0.3 is 0 Å². The molecule has 1 aromatic rings. The molecule has 0 saturated carbocycles. The van der Waals surface area contributed by atoms with Crippen LogP contribution in [0.1, 0.15) is 31.1 Å². The molecule has 0 bridgehead atoms. The zero-order valence-electron chi connectivity index (χ0n) is 11.2. The van der Waals surface area contributed by atoms with Gasteiger partial charge in [0.1, 0.15) is 11.2 Å². The highest BCUT2D eigenvalue weighted by atomic mass is 35.5. The Morgan fingerprint density at radius 2 is 2.05 bits per heavy atom. The van der Waals surface area contributed by atoms with Crippen LogP contribution >= 0.6 is 11.6 Å². The molecule has 0 radical (unpaired) electrons. The van der Waals surface area contributed by atoms with Crippen LogP contribution in [0.3, 0.4) is 0 Å². The van der Waals surface area contributed by atoms with E-state index < -0.39 is 11.9 Å². The number of hydrogen-bond acceptors (Lipinski definition) is 3. The van der Waals surface area contributed by atoms with Crippen LogP contribution in [0.15, 0.2) is 18.3 Å². The zero-order chi connectivity index (χ0) is 14.4. The Morgan fingerprint density at radius 3 is 2.63 bits per heavy atom. The van der Waals surface area contributed by atoms with Crippen molar-refractivity contribution in [2.45, 2.75) is 26.8 Å². The highest BCUT2D eigenvalue weighted by Gasteiger charge is 2.18. The molecule has 1 rings (SSSR count). The van der Waals surface area contributed by atoms with Gasteiger partial charge in [0.2, 0.25) is 5.91 Å². The average Bonchev–Trinajstić information content (AvgIpc) is 2.36. The van der Waals surface area contributed by atoms with E-state index in [4.69, 9.17) is 11.6 Å². The van der Waals surface area contributed by atoms with Gasteiger partial charge in [0.25, 0.3) is 5.91 Å². The third-order valence-corrected chi connectivity index (χ3v) is 2.73. The first-order valence-corrected chi connectivity index (χ1v) is 6.48. The molecular formula is C13H18ClN3O2. The fraction of sp³-hybridized carbons (Fsp3) is 0.462. The fourth-order valence-corrected chi connectivity index (χ4v) is 1.56. The number of pyridine rings is 1. The van der Waals surface area contributed by atoms with E-state index in [9.17, 15) is 9.59 Å². The van der Waals surface area contributed by atoms with E-state index in [2.05, 4.69) is 15.6 Å². The summed E-state index contributed by atoms with van der Waals surface area (Å²) in [6, 6.07) is 2.55. The molecule has 2 N–H and O–H groups in total. The second-order valence-corrected chi connectivity index (χ2v) is 5.03. The number of amides is 2. The molecule has 1 unspecified atom stereocenters. The molecule has 1 aromatic heterocycles. The number of nitrogens with one attached hydrogen (secondary N) is 2. The number of carbonyl (C=O) groups excluding carboxylic acids is 2. The Bertz CT molecular complexity index is 463. The Morgan fingerprint density at radius 1 is 1.37 bits per heavy atom. The van der Waals surface area contributed by atoms with Gasteiger partial charge in [-0.3, -0.25) is 9.59 Å². The summed E-state index contributed by atoms with van der Waals surface area (Å²) in [6.45, 7) is 6.20. The molecule has 1 atom stereocenters. The van der Waals surface area contributed by atoms with Crippen molar-refractivity contribution < 1.29 is 9.59 Å². The zero-order valence-corrected chi connectivity index (χ0v) is 12.0. The number of rotatable bonds is 5. The molecule has 19 heavy (non-hydrogen) atoms. The maximum Gasteiger partial charge on any atom is 0.255 e. The molecule has 0 aliphatic rings. The first-order chi connectivity index (χ1) is 8.91. The summed E-state index contributed by atoms with van der Waals surface area (Å²) in [6.07, 6.45) is 1.50. The quantitative estimate of drug-likeness (QED) is 0.807. The fourth-order valence-electron chi connectivity index (χ4n) is 1.35. The Hall–Kier alpha value is -1.62. The summed E-state index contributed by atoms with van der Waals surface area (Å²) < 4.78 is 0. The van der Waals surface area contributed by atoms with E-state index in [1.807, 2.05) is 13.8 Å². The SMILES string of the molecule is CC(C)CNC(=O)C(C)NC(=O)c1cccnc1Cl. The standard InChI is InChI=1S/C13H18ClN3O2/c1-8(2)7-16-12(18)9(3)17-13(19)10-5-4-6-15-11(10)14/h4-6,8-9H,7H2,1-3H3,(H,16,18)(H,17,19). The summed E-state index contributed by atoms with van der Waals surface area (Å²) in [5, 5.41) is 5.46. The van der Waals surface area contributed by atoms with Gasteiger partial charge in [0.15, 0.2) is 0 Å². The first kappa shape index (κ1) is 15.4. The lowest BCUT2D eigenvalue weighted by Crippen LogP contribution is -2.45. The van der Waals surface area contributed by atoms with Gasteiger partial charge in [-0.2, -0.15) is 0 Å². The Kier molecular flexibility index (Phi) is 5.76. The minimum absolute atomic E-state index is 0.120. The largest absolute Gasteiger partial charge is 0.354 e. The summed E-state index contributed by atoms with van der Waals surface area (Å²) in [5.74, 6) is -0.271. The molecule has 6 heteroatoms. The van der Waals surface area contributed by atoms with Crippen molar-refractivity contribution in [1.82, 2.24) is 15.6 Å². The summed E-state index contributed by atoms with van der Waals surface area (Å²) in [5.41, 5.74) is 0.257. The maximum absolute atomic E-state index is 11.9. The predicted molar refractivity (Wildman–Crippen MR) is 74.0 cm³/mol. The average molecular weight is 284 g/mol. The van der Waals surface area contributed by atoms with E-state index in [-0.39, 0.29) is 16.6 Å². The van der Waals surface area contributed by atoms with E-state index in [0.717, 1.165) is 0 Å². The third kappa shape index (κ3) is 4.87. The van der Waals surface area contributed by atoms with Gasteiger partial charge in [-0.1, -0.05) is 25.4 Å². The van der Waals surface area contributed by atoms with Crippen LogP contribution in [-0.2, 0) is 4.79 Å². The summed E-state index contributed by atoms with van der Waals surface area (Å²) in [4.78, 5) is 27.4. The lowest BCUT2D eigenvalue weighted by Gasteiger charge is -2.15. The van der Waals surface area contributed by atoms with E-state index in [1.165, 1.54) is 6.20 Å². The molecule has 1 heterocycles. The molecular weight excluding hydrogens is 266 g/mol. The van der Waals surface area contributed by atoms with Crippen molar-refractivity contribution >= 4 is 23.4 Å². The van der Waals surface area contributed by atoms with Crippen LogP contribution in [0.5, 0.6) is 0 Å². The molecule has 2 amide bonds. The van der Waals surface area contributed by atoms with Crippen molar-refractivity contribution in [2.24, 2.45) is 5.92 Å².